The van der Waals surface area contributed by atoms with Gasteiger partial charge in [-0.3, -0.25) is 0 Å². The monoisotopic (exact) mass is 175 g/mol. The number of rotatable bonds is 1. The molecule has 0 saturated heterocycles. The Balaban J connectivity index is 2.84. The molecule has 1 heterocycles. The molecule has 12 heavy (non-hydrogen) atoms. The van der Waals surface area contributed by atoms with Crippen molar-refractivity contribution in [3.05, 3.63) is 18.0 Å². The highest BCUT2D eigenvalue weighted by molar-refractivity contribution is 5.18. The first-order chi connectivity index (χ1) is 5.53. The summed E-state index contributed by atoms with van der Waals surface area (Å²) in [4.78, 5) is 0. The van der Waals surface area contributed by atoms with Gasteiger partial charge in [-0.2, -0.15) is 23.5 Å². The van der Waals surface area contributed by atoms with E-state index >= 15 is 0 Å². The molecule has 0 bridgehead atoms. The number of nitriles is 1. The maximum absolute atomic E-state index is 11.8. The second-order valence-corrected chi connectivity index (χ2v) is 2.10. The van der Waals surface area contributed by atoms with Crippen LogP contribution in [0.2, 0.25) is 0 Å². The van der Waals surface area contributed by atoms with Gasteiger partial charge in [0.1, 0.15) is 18.3 Å². The van der Waals surface area contributed by atoms with Gasteiger partial charge in [0.15, 0.2) is 0 Å². The van der Waals surface area contributed by atoms with Crippen LogP contribution in [0, 0.1) is 11.3 Å². The van der Waals surface area contributed by atoms with Gasteiger partial charge in [-0.1, -0.05) is 0 Å². The number of halogens is 3. The molecule has 6 heteroatoms. The van der Waals surface area contributed by atoms with Crippen molar-refractivity contribution >= 4 is 0 Å². The van der Waals surface area contributed by atoms with Crippen LogP contribution in [0.4, 0.5) is 13.2 Å². The third-order valence-corrected chi connectivity index (χ3v) is 1.16. The molecule has 0 N–H and O–H groups in total. The molecule has 0 spiro atoms. The Bertz CT molecular complexity index is 307. The SMILES string of the molecule is N#Cc1ccnn1CC(F)(F)F. The third-order valence-electron chi connectivity index (χ3n) is 1.16. The van der Waals surface area contributed by atoms with E-state index < -0.39 is 12.7 Å². The second-order valence-electron chi connectivity index (χ2n) is 2.10. The van der Waals surface area contributed by atoms with Gasteiger partial charge in [0, 0.05) is 0 Å². The molecule has 1 aromatic heterocycles. The van der Waals surface area contributed by atoms with Gasteiger partial charge in [-0.15, -0.1) is 0 Å². The lowest BCUT2D eigenvalue weighted by Crippen LogP contribution is -2.19. The largest absolute Gasteiger partial charge is 0.408 e. The molecule has 0 aliphatic heterocycles. The van der Waals surface area contributed by atoms with Crippen LogP contribution in [0.5, 0.6) is 0 Å². The van der Waals surface area contributed by atoms with E-state index in [4.69, 9.17) is 5.26 Å². The minimum Gasteiger partial charge on any atom is -0.246 e. The molecular weight excluding hydrogens is 171 g/mol. The Labute approximate surface area is 66.0 Å². The van der Waals surface area contributed by atoms with Crippen molar-refractivity contribution < 1.29 is 13.2 Å². The molecule has 0 aliphatic carbocycles. The molecule has 1 aromatic rings. The van der Waals surface area contributed by atoms with Crippen molar-refractivity contribution in [3.8, 4) is 6.07 Å². The second kappa shape index (κ2) is 2.85. The summed E-state index contributed by atoms with van der Waals surface area (Å²) in [5.41, 5.74) is -0.0904. The molecule has 0 fully saturated rings. The number of alkyl halides is 3. The Morgan fingerprint density at radius 1 is 1.58 bits per heavy atom. The summed E-state index contributed by atoms with van der Waals surface area (Å²) in [5, 5.41) is 11.7. The quantitative estimate of drug-likeness (QED) is 0.645. The van der Waals surface area contributed by atoms with E-state index in [1.165, 1.54) is 6.07 Å². The van der Waals surface area contributed by atoms with E-state index in [0.717, 1.165) is 6.20 Å². The molecule has 0 aliphatic rings. The van der Waals surface area contributed by atoms with E-state index in [0.29, 0.717) is 4.68 Å². The maximum atomic E-state index is 11.8. The molecule has 0 amide bonds. The van der Waals surface area contributed by atoms with Gasteiger partial charge in [-0.25, -0.2) is 4.68 Å². The van der Waals surface area contributed by atoms with Crippen molar-refractivity contribution in [2.45, 2.75) is 12.7 Å². The summed E-state index contributed by atoms with van der Waals surface area (Å²) < 4.78 is 35.9. The van der Waals surface area contributed by atoms with Gasteiger partial charge in [-0.05, 0) is 6.07 Å². The summed E-state index contributed by atoms with van der Waals surface area (Å²) in [7, 11) is 0. The summed E-state index contributed by atoms with van der Waals surface area (Å²) in [6, 6.07) is 2.83. The lowest BCUT2D eigenvalue weighted by molar-refractivity contribution is -0.142. The lowest BCUT2D eigenvalue weighted by Gasteiger charge is -2.06. The van der Waals surface area contributed by atoms with Crippen molar-refractivity contribution in [3.63, 3.8) is 0 Å². The van der Waals surface area contributed by atoms with Gasteiger partial charge < -0.3 is 0 Å². The Hall–Kier alpha value is -1.51. The highest BCUT2D eigenvalue weighted by atomic mass is 19.4. The molecular formula is C6H4F3N3. The summed E-state index contributed by atoms with van der Waals surface area (Å²) in [6.45, 7) is -1.22. The minimum absolute atomic E-state index is 0.0904. The number of hydrogen-bond donors (Lipinski definition) is 0. The zero-order chi connectivity index (χ0) is 9.19. The molecule has 0 radical (unpaired) electrons. The van der Waals surface area contributed by atoms with E-state index in [-0.39, 0.29) is 5.69 Å². The van der Waals surface area contributed by atoms with Crippen LogP contribution < -0.4 is 0 Å². The predicted octanol–water partition coefficient (Wildman–Crippen LogP) is 1.32. The summed E-state index contributed by atoms with van der Waals surface area (Å²) in [6.07, 6.45) is -3.18. The number of aromatic nitrogens is 2. The third kappa shape index (κ3) is 1.99. The Kier molecular flexibility index (Phi) is 2.04. The first kappa shape index (κ1) is 8.59. The molecule has 3 nitrogen and oxygen atoms in total. The van der Waals surface area contributed by atoms with Gasteiger partial charge in [0.05, 0.1) is 6.20 Å². The highest BCUT2D eigenvalue weighted by Crippen LogP contribution is 2.17. The number of hydrogen-bond acceptors (Lipinski definition) is 2. The fraction of sp³-hybridized carbons (Fsp3) is 0.333. The summed E-state index contributed by atoms with van der Waals surface area (Å²) in [5.74, 6) is 0. The first-order valence-electron chi connectivity index (χ1n) is 3.01. The smallest absolute Gasteiger partial charge is 0.246 e. The summed E-state index contributed by atoms with van der Waals surface area (Å²) >= 11 is 0. The minimum atomic E-state index is -4.34. The van der Waals surface area contributed by atoms with E-state index in [1.54, 1.807) is 6.07 Å². The Morgan fingerprint density at radius 3 is 2.75 bits per heavy atom. The first-order valence-corrected chi connectivity index (χ1v) is 3.01. The van der Waals surface area contributed by atoms with Gasteiger partial charge in [0.2, 0.25) is 0 Å². The van der Waals surface area contributed by atoms with Crippen molar-refractivity contribution in [2.24, 2.45) is 0 Å². The predicted molar refractivity (Wildman–Crippen MR) is 33.0 cm³/mol. The van der Waals surface area contributed by atoms with Crippen LogP contribution in [0.1, 0.15) is 5.69 Å². The van der Waals surface area contributed by atoms with E-state index in [1.807, 2.05) is 0 Å². The molecule has 1 rings (SSSR count). The van der Waals surface area contributed by atoms with Crippen molar-refractivity contribution in [2.75, 3.05) is 0 Å². The van der Waals surface area contributed by atoms with Crippen molar-refractivity contribution in [1.29, 1.82) is 5.26 Å². The van der Waals surface area contributed by atoms with Crippen LogP contribution in [-0.4, -0.2) is 16.0 Å². The zero-order valence-electron chi connectivity index (χ0n) is 5.84. The topological polar surface area (TPSA) is 41.6 Å². The van der Waals surface area contributed by atoms with Crippen LogP contribution in [0.3, 0.4) is 0 Å². The molecule has 0 atom stereocenters. The van der Waals surface area contributed by atoms with Crippen molar-refractivity contribution in [1.82, 2.24) is 9.78 Å². The molecule has 64 valence electrons. The fourth-order valence-corrected chi connectivity index (χ4v) is 0.723. The van der Waals surface area contributed by atoms with Crippen LogP contribution in [0.15, 0.2) is 12.3 Å². The maximum Gasteiger partial charge on any atom is 0.408 e. The fourth-order valence-electron chi connectivity index (χ4n) is 0.723. The van der Waals surface area contributed by atoms with Crippen LogP contribution in [0.25, 0.3) is 0 Å². The van der Waals surface area contributed by atoms with Gasteiger partial charge >= 0.3 is 6.18 Å². The highest BCUT2D eigenvalue weighted by Gasteiger charge is 2.29. The van der Waals surface area contributed by atoms with Gasteiger partial charge in [0.25, 0.3) is 0 Å². The number of nitrogens with zero attached hydrogens (tertiary/aromatic N) is 3. The van der Waals surface area contributed by atoms with Crippen LogP contribution >= 0.6 is 0 Å². The normalized spacial score (nSPS) is 11.2. The zero-order valence-corrected chi connectivity index (χ0v) is 5.84. The lowest BCUT2D eigenvalue weighted by atomic mass is 10.4. The standard InChI is InChI=1S/C6H4F3N3/c7-6(8,9)4-12-5(3-10)1-2-11-12/h1-2H,4H2. The molecule has 0 unspecified atom stereocenters. The van der Waals surface area contributed by atoms with E-state index in [9.17, 15) is 13.2 Å². The van der Waals surface area contributed by atoms with Crippen LogP contribution in [-0.2, 0) is 6.54 Å². The average molecular weight is 175 g/mol. The van der Waals surface area contributed by atoms with E-state index in [2.05, 4.69) is 5.10 Å². The average Bonchev–Trinajstić information content (AvgIpc) is 2.31. The Morgan fingerprint density at radius 2 is 2.25 bits per heavy atom. The molecule has 0 saturated carbocycles. The molecule has 0 aromatic carbocycles.